The molecular formula is C16H13FN2O3. The zero-order valence-corrected chi connectivity index (χ0v) is 11.5. The van der Waals surface area contributed by atoms with E-state index >= 15 is 0 Å². The van der Waals surface area contributed by atoms with Gasteiger partial charge >= 0.3 is 0 Å². The van der Waals surface area contributed by atoms with Crippen LogP contribution in [-0.2, 0) is 9.63 Å². The molecule has 1 atom stereocenters. The molecule has 0 aliphatic carbocycles. The van der Waals surface area contributed by atoms with E-state index in [1.165, 1.54) is 18.2 Å². The van der Waals surface area contributed by atoms with E-state index in [-0.39, 0.29) is 12.2 Å². The Labute approximate surface area is 126 Å². The van der Waals surface area contributed by atoms with Crippen LogP contribution in [0.1, 0.15) is 12.0 Å². The van der Waals surface area contributed by atoms with Crippen LogP contribution in [0.15, 0.2) is 53.7 Å². The van der Waals surface area contributed by atoms with Crippen molar-refractivity contribution in [2.24, 2.45) is 5.16 Å². The molecule has 1 aliphatic rings. The average Bonchev–Trinajstić information content (AvgIpc) is 2.97. The number of halogens is 1. The summed E-state index contributed by atoms with van der Waals surface area (Å²) in [6.07, 6.45) is -0.636. The predicted octanol–water partition coefficient (Wildman–Crippen LogP) is 2.66. The molecule has 0 aromatic heterocycles. The van der Waals surface area contributed by atoms with Crippen LogP contribution in [0.25, 0.3) is 0 Å². The molecule has 0 fully saturated rings. The Bertz CT molecular complexity index is 746. The van der Waals surface area contributed by atoms with Gasteiger partial charge in [-0.2, -0.15) is 0 Å². The van der Waals surface area contributed by atoms with Crippen LogP contribution in [0.3, 0.4) is 0 Å². The molecule has 1 heterocycles. The third-order valence-corrected chi connectivity index (χ3v) is 3.26. The molecule has 0 unspecified atom stereocenters. The highest BCUT2D eigenvalue weighted by atomic mass is 19.1. The van der Waals surface area contributed by atoms with Crippen molar-refractivity contribution in [3.8, 4) is 5.75 Å². The summed E-state index contributed by atoms with van der Waals surface area (Å²) in [7, 11) is 0. The molecule has 0 radical (unpaired) electrons. The van der Waals surface area contributed by atoms with Gasteiger partial charge in [0.1, 0.15) is 11.6 Å². The van der Waals surface area contributed by atoms with Gasteiger partial charge < -0.3 is 15.3 Å². The molecule has 2 aromatic carbocycles. The third kappa shape index (κ3) is 2.90. The fraction of sp³-hybridized carbons (Fsp3) is 0.125. The van der Waals surface area contributed by atoms with E-state index in [2.05, 4.69) is 10.5 Å². The standard InChI is InChI=1S/C16H13FN2O3/c17-13-7-2-1-6-12(13)14-9-15(22-19-14)16(21)18-10-4-3-5-11(20)8-10/h1-8,15,20H,9H2,(H,18,21)/t15-/m1/s1. The van der Waals surface area contributed by atoms with Crippen LogP contribution in [0.4, 0.5) is 10.1 Å². The highest BCUT2D eigenvalue weighted by Crippen LogP contribution is 2.21. The zero-order valence-electron chi connectivity index (χ0n) is 11.5. The summed E-state index contributed by atoms with van der Waals surface area (Å²) in [6, 6.07) is 12.4. The number of carbonyl (C=O) groups excluding carboxylic acids is 1. The lowest BCUT2D eigenvalue weighted by Crippen LogP contribution is -2.28. The number of hydrogen-bond donors (Lipinski definition) is 2. The number of benzene rings is 2. The topological polar surface area (TPSA) is 70.9 Å². The Morgan fingerprint density at radius 1 is 1.27 bits per heavy atom. The summed E-state index contributed by atoms with van der Waals surface area (Å²) < 4.78 is 13.7. The molecule has 2 aromatic rings. The molecule has 1 amide bonds. The minimum atomic E-state index is -0.822. The van der Waals surface area contributed by atoms with E-state index in [0.29, 0.717) is 17.0 Å². The number of aromatic hydroxyl groups is 1. The number of phenols is 1. The number of anilines is 1. The maximum atomic E-state index is 13.7. The van der Waals surface area contributed by atoms with Gasteiger partial charge in [0.15, 0.2) is 0 Å². The molecule has 0 bridgehead atoms. The van der Waals surface area contributed by atoms with Crippen molar-refractivity contribution in [2.45, 2.75) is 12.5 Å². The van der Waals surface area contributed by atoms with Crippen molar-refractivity contribution < 1.29 is 19.1 Å². The first-order valence-electron chi connectivity index (χ1n) is 6.71. The molecule has 0 spiro atoms. The average molecular weight is 300 g/mol. The monoisotopic (exact) mass is 300 g/mol. The zero-order chi connectivity index (χ0) is 15.5. The first-order valence-corrected chi connectivity index (χ1v) is 6.71. The highest BCUT2D eigenvalue weighted by Gasteiger charge is 2.30. The summed E-state index contributed by atoms with van der Waals surface area (Å²) in [4.78, 5) is 17.2. The molecule has 2 N–H and O–H groups in total. The van der Waals surface area contributed by atoms with Gasteiger partial charge in [-0.05, 0) is 18.2 Å². The second-order valence-corrected chi connectivity index (χ2v) is 4.86. The SMILES string of the molecule is O=C(Nc1cccc(O)c1)[C@H]1CC(c2ccccc2F)=NO1. The quantitative estimate of drug-likeness (QED) is 0.915. The lowest BCUT2D eigenvalue weighted by Gasteiger charge is -2.09. The van der Waals surface area contributed by atoms with E-state index in [1.54, 1.807) is 30.3 Å². The van der Waals surface area contributed by atoms with Crippen molar-refractivity contribution in [2.75, 3.05) is 5.32 Å². The highest BCUT2D eigenvalue weighted by molar-refractivity contribution is 6.06. The lowest BCUT2D eigenvalue weighted by molar-refractivity contribution is -0.125. The van der Waals surface area contributed by atoms with Gasteiger partial charge in [-0.25, -0.2) is 4.39 Å². The smallest absolute Gasteiger partial charge is 0.268 e. The Hall–Kier alpha value is -2.89. The van der Waals surface area contributed by atoms with Gasteiger partial charge in [-0.15, -0.1) is 0 Å². The lowest BCUT2D eigenvalue weighted by atomic mass is 10.0. The van der Waals surface area contributed by atoms with Crippen LogP contribution in [0.2, 0.25) is 0 Å². The largest absolute Gasteiger partial charge is 0.508 e. The first-order chi connectivity index (χ1) is 10.6. The summed E-state index contributed by atoms with van der Waals surface area (Å²) in [5, 5.41) is 15.8. The van der Waals surface area contributed by atoms with Gasteiger partial charge in [0.25, 0.3) is 5.91 Å². The van der Waals surface area contributed by atoms with Crippen molar-refractivity contribution in [3.05, 3.63) is 59.9 Å². The molecule has 112 valence electrons. The van der Waals surface area contributed by atoms with E-state index < -0.39 is 17.8 Å². The number of rotatable bonds is 3. The van der Waals surface area contributed by atoms with E-state index in [0.717, 1.165) is 0 Å². The van der Waals surface area contributed by atoms with Gasteiger partial charge in [0.2, 0.25) is 6.10 Å². The summed E-state index contributed by atoms with van der Waals surface area (Å²) >= 11 is 0. The minimum absolute atomic E-state index is 0.0495. The fourth-order valence-corrected chi connectivity index (χ4v) is 2.18. The maximum Gasteiger partial charge on any atom is 0.268 e. The number of phenolic OH excluding ortho intramolecular Hbond substituents is 1. The number of amides is 1. The van der Waals surface area contributed by atoms with E-state index in [4.69, 9.17) is 4.84 Å². The second kappa shape index (κ2) is 5.85. The van der Waals surface area contributed by atoms with Gasteiger partial charge in [0.05, 0.1) is 5.71 Å². The van der Waals surface area contributed by atoms with Crippen LogP contribution in [0, 0.1) is 5.82 Å². The number of nitrogens with zero attached hydrogens (tertiary/aromatic N) is 1. The first kappa shape index (κ1) is 14.1. The Balaban J connectivity index is 1.67. The van der Waals surface area contributed by atoms with Crippen molar-refractivity contribution in [1.82, 2.24) is 0 Å². The molecule has 5 nitrogen and oxygen atoms in total. The van der Waals surface area contributed by atoms with Crippen LogP contribution in [-0.4, -0.2) is 22.8 Å². The predicted molar refractivity (Wildman–Crippen MR) is 79.2 cm³/mol. The minimum Gasteiger partial charge on any atom is -0.508 e. The molecule has 1 aliphatic heterocycles. The van der Waals surface area contributed by atoms with Crippen molar-refractivity contribution in [3.63, 3.8) is 0 Å². The summed E-state index contributed by atoms with van der Waals surface area (Å²) in [5.41, 5.74) is 1.18. The number of oxime groups is 1. The van der Waals surface area contributed by atoms with Gasteiger partial charge in [0, 0.05) is 23.7 Å². The Kier molecular flexibility index (Phi) is 3.74. The van der Waals surface area contributed by atoms with E-state index in [1.807, 2.05) is 0 Å². The number of carbonyl (C=O) groups is 1. The second-order valence-electron chi connectivity index (χ2n) is 4.86. The van der Waals surface area contributed by atoms with Crippen LogP contribution < -0.4 is 5.32 Å². The van der Waals surface area contributed by atoms with Crippen molar-refractivity contribution >= 4 is 17.3 Å². The maximum absolute atomic E-state index is 13.7. The van der Waals surface area contributed by atoms with Crippen LogP contribution in [0.5, 0.6) is 5.75 Å². The van der Waals surface area contributed by atoms with Gasteiger partial charge in [-0.3, -0.25) is 4.79 Å². The number of hydrogen-bond acceptors (Lipinski definition) is 4. The molecule has 6 heteroatoms. The molecular weight excluding hydrogens is 287 g/mol. The third-order valence-electron chi connectivity index (χ3n) is 3.26. The summed E-state index contributed by atoms with van der Waals surface area (Å²) in [6.45, 7) is 0. The van der Waals surface area contributed by atoms with Crippen molar-refractivity contribution in [1.29, 1.82) is 0 Å². The summed E-state index contributed by atoms with van der Waals surface area (Å²) in [5.74, 6) is -0.756. The Morgan fingerprint density at radius 2 is 2.09 bits per heavy atom. The molecule has 3 rings (SSSR count). The molecule has 22 heavy (non-hydrogen) atoms. The number of nitrogens with one attached hydrogen (secondary N) is 1. The van der Waals surface area contributed by atoms with E-state index in [9.17, 15) is 14.3 Å². The molecule has 0 saturated carbocycles. The normalized spacial score (nSPS) is 16.8. The van der Waals surface area contributed by atoms with Crippen LogP contribution >= 0.6 is 0 Å². The molecule has 0 saturated heterocycles. The fourth-order valence-electron chi connectivity index (χ4n) is 2.18. The van der Waals surface area contributed by atoms with Gasteiger partial charge in [-0.1, -0.05) is 29.4 Å². The Morgan fingerprint density at radius 3 is 2.86 bits per heavy atom.